The van der Waals surface area contributed by atoms with E-state index in [-0.39, 0.29) is 0 Å². The summed E-state index contributed by atoms with van der Waals surface area (Å²) in [5, 5.41) is 0. The maximum Gasteiger partial charge on any atom is -0.00931 e. The van der Waals surface area contributed by atoms with E-state index in [9.17, 15) is 0 Å². The highest BCUT2D eigenvalue weighted by Crippen LogP contribution is 2.12. The fourth-order valence-electron chi connectivity index (χ4n) is 1.72. The average Bonchev–Trinajstić information content (AvgIpc) is 2.26. The van der Waals surface area contributed by atoms with Crippen molar-refractivity contribution in [2.45, 2.75) is 52.4 Å². The SMILES string of the molecule is CCCCCCC[CH]c1ccc(C)cc1. The summed E-state index contributed by atoms with van der Waals surface area (Å²) in [5.74, 6) is 0. The van der Waals surface area contributed by atoms with Crippen molar-refractivity contribution in [1.29, 1.82) is 0 Å². The van der Waals surface area contributed by atoms with E-state index in [1.807, 2.05) is 0 Å². The Kier molecular flexibility index (Phi) is 6.15. The van der Waals surface area contributed by atoms with E-state index in [2.05, 4.69) is 44.5 Å². The molecule has 0 amide bonds. The molecule has 1 rings (SSSR count). The lowest BCUT2D eigenvalue weighted by Gasteiger charge is -2.02. The zero-order valence-corrected chi connectivity index (χ0v) is 10.1. The summed E-state index contributed by atoms with van der Waals surface area (Å²) in [6.07, 6.45) is 10.4. The normalized spacial score (nSPS) is 10.5. The van der Waals surface area contributed by atoms with E-state index < -0.39 is 0 Å². The Bertz CT molecular complexity index is 245. The lowest BCUT2D eigenvalue weighted by atomic mass is 10.0. The van der Waals surface area contributed by atoms with Gasteiger partial charge in [-0.05, 0) is 25.3 Å². The maximum absolute atomic E-state index is 2.35. The Hall–Kier alpha value is -0.780. The molecule has 0 saturated heterocycles. The van der Waals surface area contributed by atoms with Crippen LogP contribution >= 0.6 is 0 Å². The minimum absolute atomic E-state index is 1.23. The van der Waals surface area contributed by atoms with Gasteiger partial charge in [-0.2, -0.15) is 0 Å². The van der Waals surface area contributed by atoms with Gasteiger partial charge in [-0.1, -0.05) is 68.9 Å². The van der Waals surface area contributed by atoms with Crippen LogP contribution < -0.4 is 0 Å². The van der Waals surface area contributed by atoms with Crippen LogP contribution in [0.3, 0.4) is 0 Å². The predicted molar refractivity (Wildman–Crippen MR) is 68.0 cm³/mol. The minimum Gasteiger partial charge on any atom is -0.0654 e. The van der Waals surface area contributed by atoms with E-state index in [1.54, 1.807) is 0 Å². The first kappa shape index (κ1) is 12.3. The van der Waals surface area contributed by atoms with Crippen molar-refractivity contribution in [3.05, 3.63) is 41.8 Å². The topological polar surface area (TPSA) is 0 Å². The first-order chi connectivity index (χ1) is 7.33. The third-order valence-electron chi connectivity index (χ3n) is 2.77. The molecule has 0 N–H and O–H groups in total. The van der Waals surface area contributed by atoms with E-state index in [0.29, 0.717) is 0 Å². The first-order valence-electron chi connectivity index (χ1n) is 6.23. The van der Waals surface area contributed by atoms with Crippen LogP contribution in [0, 0.1) is 13.3 Å². The van der Waals surface area contributed by atoms with Crippen LogP contribution in [0.25, 0.3) is 0 Å². The highest BCUT2D eigenvalue weighted by Gasteiger charge is 1.94. The van der Waals surface area contributed by atoms with Crippen LogP contribution in [-0.2, 0) is 0 Å². The van der Waals surface area contributed by atoms with Crippen molar-refractivity contribution < 1.29 is 0 Å². The third kappa shape index (κ3) is 5.61. The summed E-state index contributed by atoms with van der Waals surface area (Å²) in [6.45, 7) is 4.40. The summed E-state index contributed by atoms with van der Waals surface area (Å²) in [4.78, 5) is 0. The lowest BCUT2D eigenvalue weighted by Crippen LogP contribution is -1.84. The molecule has 0 aliphatic carbocycles. The Balaban J connectivity index is 2.07. The first-order valence-corrected chi connectivity index (χ1v) is 6.23. The van der Waals surface area contributed by atoms with Gasteiger partial charge in [0.1, 0.15) is 0 Å². The fourth-order valence-corrected chi connectivity index (χ4v) is 1.72. The van der Waals surface area contributed by atoms with Crippen LogP contribution in [0.15, 0.2) is 24.3 Å². The lowest BCUT2D eigenvalue weighted by molar-refractivity contribution is 0.631. The van der Waals surface area contributed by atoms with Crippen molar-refractivity contribution in [3.8, 4) is 0 Å². The number of aryl methyl sites for hydroxylation is 1. The van der Waals surface area contributed by atoms with E-state index in [1.165, 1.54) is 49.7 Å². The van der Waals surface area contributed by atoms with Gasteiger partial charge in [-0.25, -0.2) is 0 Å². The minimum atomic E-state index is 1.23. The molecule has 0 saturated carbocycles. The van der Waals surface area contributed by atoms with Gasteiger partial charge in [0, 0.05) is 0 Å². The second-order valence-electron chi connectivity index (χ2n) is 4.32. The van der Waals surface area contributed by atoms with E-state index in [0.717, 1.165) is 0 Å². The van der Waals surface area contributed by atoms with Gasteiger partial charge in [-0.15, -0.1) is 0 Å². The number of rotatable bonds is 7. The standard InChI is InChI=1S/C15H23/c1-3-4-5-6-7-8-9-15-12-10-14(2)11-13-15/h9-13H,3-8H2,1-2H3. The van der Waals surface area contributed by atoms with Crippen LogP contribution in [0.5, 0.6) is 0 Å². The molecule has 0 aliphatic heterocycles. The Morgan fingerprint density at radius 3 is 2.27 bits per heavy atom. The molecule has 0 unspecified atom stereocenters. The molecule has 0 bridgehead atoms. The molecule has 0 aromatic heterocycles. The molecule has 0 atom stereocenters. The summed E-state index contributed by atoms with van der Waals surface area (Å²) < 4.78 is 0. The van der Waals surface area contributed by atoms with Gasteiger partial charge in [0.25, 0.3) is 0 Å². The van der Waals surface area contributed by atoms with Gasteiger partial charge in [0.15, 0.2) is 0 Å². The van der Waals surface area contributed by atoms with Crippen LogP contribution in [0.2, 0.25) is 0 Å². The van der Waals surface area contributed by atoms with Gasteiger partial charge in [0.05, 0.1) is 0 Å². The largest absolute Gasteiger partial charge is 0.0654 e. The number of benzene rings is 1. The Morgan fingerprint density at radius 1 is 0.933 bits per heavy atom. The van der Waals surface area contributed by atoms with Crippen molar-refractivity contribution in [2.75, 3.05) is 0 Å². The predicted octanol–water partition coefficient (Wildman–Crippen LogP) is 4.91. The molecule has 0 fully saturated rings. The molecular formula is C15H23. The zero-order chi connectivity index (χ0) is 10.9. The van der Waals surface area contributed by atoms with Gasteiger partial charge in [-0.3, -0.25) is 0 Å². The average molecular weight is 203 g/mol. The summed E-state index contributed by atoms with van der Waals surface area (Å²) in [7, 11) is 0. The highest BCUT2D eigenvalue weighted by atomic mass is 14.0. The zero-order valence-electron chi connectivity index (χ0n) is 10.1. The number of hydrogen-bond donors (Lipinski definition) is 0. The molecule has 0 spiro atoms. The van der Waals surface area contributed by atoms with E-state index >= 15 is 0 Å². The van der Waals surface area contributed by atoms with Crippen molar-refractivity contribution >= 4 is 0 Å². The highest BCUT2D eigenvalue weighted by molar-refractivity contribution is 5.26. The smallest absolute Gasteiger partial charge is 0.00931 e. The molecule has 1 aromatic carbocycles. The van der Waals surface area contributed by atoms with Crippen molar-refractivity contribution in [2.24, 2.45) is 0 Å². The quantitative estimate of drug-likeness (QED) is 0.552. The van der Waals surface area contributed by atoms with Crippen molar-refractivity contribution in [3.63, 3.8) is 0 Å². The van der Waals surface area contributed by atoms with Crippen LogP contribution in [0.1, 0.15) is 56.6 Å². The molecule has 0 heterocycles. The molecule has 83 valence electrons. The third-order valence-corrected chi connectivity index (χ3v) is 2.77. The molecule has 0 nitrogen and oxygen atoms in total. The van der Waals surface area contributed by atoms with Gasteiger partial charge < -0.3 is 0 Å². The van der Waals surface area contributed by atoms with Gasteiger partial charge >= 0.3 is 0 Å². The van der Waals surface area contributed by atoms with Gasteiger partial charge in [0.2, 0.25) is 0 Å². The van der Waals surface area contributed by atoms with Crippen LogP contribution in [0.4, 0.5) is 0 Å². The molecule has 1 radical (unpaired) electrons. The van der Waals surface area contributed by atoms with Crippen LogP contribution in [-0.4, -0.2) is 0 Å². The fraction of sp³-hybridized carbons (Fsp3) is 0.533. The maximum atomic E-state index is 2.35. The monoisotopic (exact) mass is 203 g/mol. The number of unbranched alkanes of at least 4 members (excludes halogenated alkanes) is 5. The summed E-state index contributed by atoms with van der Waals surface area (Å²) in [5.41, 5.74) is 2.71. The Labute approximate surface area is 94.7 Å². The second kappa shape index (κ2) is 7.50. The molecule has 15 heavy (non-hydrogen) atoms. The molecular weight excluding hydrogens is 180 g/mol. The van der Waals surface area contributed by atoms with E-state index in [4.69, 9.17) is 0 Å². The number of hydrogen-bond acceptors (Lipinski definition) is 0. The summed E-state index contributed by atoms with van der Waals surface area (Å²) >= 11 is 0. The van der Waals surface area contributed by atoms with Crippen molar-refractivity contribution in [1.82, 2.24) is 0 Å². The molecule has 1 aromatic rings. The summed E-state index contributed by atoms with van der Waals surface area (Å²) in [6, 6.07) is 8.79. The molecule has 0 aliphatic rings. The second-order valence-corrected chi connectivity index (χ2v) is 4.32. The molecule has 0 heteroatoms. The Morgan fingerprint density at radius 2 is 1.60 bits per heavy atom.